The number of halogens is 1. The fourth-order valence-electron chi connectivity index (χ4n) is 2.45. The molecule has 0 radical (unpaired) electrons. The zero-order chi connectivity index (χ0) is 18.6. The van der Waals surface area contributed by atoms with Crippen LogP contribution in [0.25, 0.3) is 0 Å². The van der Waals surface area contributed by atoms with Gasteiger partial charge in [-0.3, -0.25) is 9.79 Å². The van der Waals surface area contributed by atoms with E-state index in [1.54, 1.807) is 13.1 Å². The number of amides is 1. The number of nitrogens with two attached hydrogens (primary N) is 1. The quantitative estimate of drug-likeness (QED) is 0.222. The standard InChI is InChI=1S/C20H26N4O2.HI/c1-22-20(23-12-6-10-16-7-3-2-4-8-16)24-14-17-9-5-11-18(13-17)26-15-19(21)25;/h2-5,7-9,11,13H,6,10,12,14-15H2,1H3,(H2,21,25)(H2,22,23,24);1H. The monoisotopic (exact) mass is 482 g/mol. The van der Waals surface area contributed by atoms with Crippen LogP contribution in [0.2, 0.25) is 0 Å². The van der Waals surface area contributed by atoms with Crippen LogP contribution in [0.5, 0.6) is 5.75 Å². The van der Waals surface area contributed by atoms with Crippen LogP contribution in [0.15, 0.2) is 59.6 Å². The number of ether oxygens (including phenoxy) is 1. The number of primary amides is 1. The highest BCUT2D eigenvalue weighted by Crippen LogP contribution is 2.13. The second kappa shape index (κ2) is 13.0. The Hall–Kier alpha value is -2.29. The molecule has 0 bridgehead atoms. The van der Waals surface area contributed by atoms with Crippen molar-refractivity contribution in [1.82, 2.24) is 10.6 Å². The summed E-state index contributed by atoms with van der Waals surface area (Å²) in [5.41, 5.74) is 7.45. The first-order chi connectivity index (χ1) is 12.7. The molecule has 0 saturated carbocycles. The lowest BCUT2D eigenvalue weighted by atomic mass is 10.1. The van der Waals surface area contributed by atoms with E-state index in [1.807, 2.05) is 24.3 Å². The van der Waals surface area contributed by atoms with Crippen molar-refractivity contribution in [2.24, 2.45) is 10.7 Å². The number of aryl methyl sites for hydroxylation is 1. The largest absolute Gasteiger partial charge is 0.484 e. The minimum atomic E-state index is -0.492. The topological polar surface area (TPSA) is 88.7 Å². The molecule has 0 spiro atoms. The predicted octanol–water partition coefficient (Wildman–Crippen LogP) is 2.47. The second-order valence-corrected chi connectivity index (χ2v) is 5.84. The SMILES string of the molecule is CN=C(NCCCc1ccccc1)NCc1cccc(OCC(N)=O)c1.I. The lowest BCUT2D eigenvalue weighted by Gasteiger charge is -2.12. The molecule has 7 heteroatoms. The number of rotatable bonds is 9. The molecule has 0 fully saturated rings. The number of carbonyl (C=O) groups excluding carboxylic acids is 1. The van der Waals surface area contributed by atoms with Crippen molar-refractivity contribution in [2.45, 2.75) is 19.4 Å². The van der Waals surface area contributed by atoms with Crippen molar-refractivity contribution in [2.75, 3.05) is 20.2 Å². The number of nitrogens with one attached hydrogen (secondary N) is 2. The van der Waals surface area contributed by atoms with Gasteiger partial charge in [-0.2, -0.15) is 0 Å². The van der Waals surface area contributed by atoms with Crippen LogP contribution in [-0.4, -0.2) is 32.1 Å². The first-order valence-electron chi connectivity index (χ1n) is 8.66. The van der Waals surface area contributed by atoms with E-state index < -0.39 is 5.91 Å². The summed E-state index contributed by atoms with van der Waals surface area (Å²) in [6.07, 6.45) is 2.06. The van der Waals surface area contributed by atoms with E-state index >= 15 is 0 Å². The molecule has 0 aliphatic rings. The van der Waals surface area contributed by atoms with Crippen LogP contribution in [0.1, 0.15) is 17.5 Å². The van der Waals surface area contributed by atoms with Gasteiger partial charge in [-0.15, -0.1) is 24.0 Å². The summed E-state index contributed by atoms with van der Waals surface area (Å²) in [5.74, 6) is 0.879. The fraction of sp³-hybridized carbons (Fsp3) is 0.300. The lowest BCUT2D eigenvalue weighted by Crippen LogP contribution is -2.37. The molecular formula is C20H27IN4O2. The second-order valence-electron chi connectivity index (χ2n) is 5.84. The summed E-state index contributed by atoms with van der Waals surface area (Å²) < 4.78 is 5.31. The van der Waals surface area contributed by atoms with Gasteiger partial charge in [-0.25, -0.2) is 0 Å². The Morgan fingerprint density at radius 2 is 1.81 bits per heavy atom. The zero-order valence-corrected chi connectivity index (χ0v) is 17.8. The molecular weight excluding hydrogens is 455 g/mol. The van der Waals surface area contributed by atoms with Gasteiger partial charge in [0.1, 0.15) is 5.75 Å². The van der Waals surface area contributed by atoms with Gasteiger partial charge in [0, 0.05) is 20.1 Å². The Kier molecular flexibility index (Phi) is 10.9. The van der Waals surface area contributed by atoms with Crippen molar-refractivity contribution >= 4 is 35.8 Å². The molecule has 6 nitrogen and oxygen atoms in total. The number of benzene rings is 2. The van der Waals surface area contributed by atoms with Crippen molar-refractivity contribution < 1.29 is 9.53 Å². The van der Waals surface area contributed by atoms with Gasteiger partial charge >= 0.3 is 0 Å². The number of aliphatic imine (C=N–C) groups is 1. The molecule has 2 aromatic carbocycles. The van der Waals surface area contributed by atoms with E-state index in [0.717, 1.165) is 30.9 Å². The Labute approximate surface area is 177 Å². The minimum Gasteiger partial charge on any atom is -0.484 e. The summed E-state index contributed by atoms with van der Waals surface area (Å²) in [4.78, 5) is 15.0. The molecule has 2 aromatic rings. The highest BCUT2D eigenvalue weighted by molar-refractivity contribution is 14.0. The highest BCUT2D eigenvalue weighted by Gasteiger charge is 2.02. The van der Waals surface area contributed by atoms with Gasteiger partial charge in [0.2, 0.25) is 0 Å². The number of hydrogen-bond donors (Lipinski definition) is 3. The van der Waals surface area contributed by atoms with E-state index in [2.05, 4.69) is 39.9 Å². The third-order valence-corrected chi connectivity index (χ3v) is 3.74. The molecule has 4 N–H and O–H groups in total. The van der Waals surface area contributed by atoms with E-state index in [4.69, 9.17) is 10.5 Å². The Morgan fingerprint density at radius 1 is 1.07 bits per heavy atom. The fourth-order valence-corrected chi connectivity index (χ4v) is 2.45. The van der Waals surface area contributed by atoms with Crippen LogP contribution in [0.3, 0.4) is 0 Å². The average molecular weight is 482 g/mol. The molecule has 146 valence electrons. The van der Waals surface area contributed by atoms with Gasteiger partial charge in [0.25, 0.3) is 5.91 Å². The molecule has 0 saturated heterocycles. The van der Waals surface area contributed by atoms with Crippen molar-refractivity contribution in [3.8, 4) is 5.75 Å². The third kappa shape index (κ3) is 9.28. The van der Waals surface area contributed by atoms with Gasteiger partial charge in [0.05, 0.1) is 0 Å². The highest BCUT2D eigenvalue weighted by atomic mass is 127. The van der Waals surface area contributed by atoms with E-state index in [9.17, 15) is 4.79 Å². The predicted molar refractivity (Wildman–Crippen MR) is 120 cm³/mol. The summed E-state index contributed by atoms with van der Waals surface area (Å²) >= 11 is 0. The maximum atomic E-state index is 10.8. The van der Waals surface area contributed by atoms with Crippen LogP contribution in [-0.2, 0) is 17.8 Å². The Balaban J connectivity index is 0.00000364. The van der Waals surface area contributed by atoms with Gasteiger partial charge in [-0.05, 0) is 36.1 Å². The van der Waals surface area contributed by atoms with Gasteiger partial charge in [-0.1, -0.05) is 42.5 Å². The molecule has 0 aliphatic carbocycles. The lowest BCUT2D eigenvalue weighted by molar-refractivity contribution is -0.119. The smallest absolute Gasteiger partial charge is 0.255 e. The molecule has 27 heavy (non-hydrogen) atoms. The summed E-state index contributed by atoms with van der Waals surface area (Å²) in [5, 5.41) is 6.58. The van der Waals surface area contributed by atoms with Crippen LogP contribution in [0, 0.1) is 0 Å². The Bertz CT molecular complexity index is 723. The maximum absolute atomic E-state index is 10.8. The maximum Gasteiger partial charge on any atom is 0.255 e. The molecule has 0 unspecified atom stereocenters. The van der Waals surface area contributed by atoms with Crippen LogP contribution in [0.4, 0.5) is 0 Å². The minimum absolute atomic E-state index is 0. The Morgan fingerprint density at radius 3 is 2.52 bits per heavy atom. The van der Waals surface area contributed by atoms with E-state index in [-0.39, 0.29) is 30.6 Å². The average Bonchev–Trinajstić information content (AvgIpc) is 2.67. The first-order valence-corrected chi connectivity index (χ1v) is 8.66. The summed E-state index contributed by atoms with van der Waals surface area (Å²) in [7, 11) is 1.75. The van der Waals surface area contributed by atoms with Crippen molar-refractivity contribution in [3.05, 3.63) is 65.7 Å². The number of nitrogens with zero attached hydrogens (tertiary/aromatic N) is 1. The zero-order valence-electron chi connectivity index (χ0n) is 15.5. The molecule has 1 amide bonds. The van der Waals surface area contributed by atoms with E-state index in [0.29, 0.717) is 12.3 Å². The molecule has 2 rings (SSSR count). The molecule has 0 aromatic heterocycles. The third-order valence-electron chi connectivity index (χ3n) is 3.74. The van der Waals surface area contributed by atoms with Gasteiger partial charge < -0.3 is 21.1 Å². The summed E-state index contributed by atoms with van der Waals surface area (Å²) in [6.45, 7) is 1.32. The first kappa shape index (κ1) is 22.8. The molecule has 0 aliphatic heterocycles. The number of guanidine groups is 1. The van der Waals surface area contributed by atoms with Crippen LogP contribution < -0.4 is 21.1 Å². The van der Waals surface area contributed by atoms with Crippen molar-refractivity contribution in [1.29, 1.82) is 0 Å². The molecule has 0 atom stereocenters. The van der Waals surface area contributed by atoms with Gasteiger partial charge in [0.15, 0.2) is 12.6 Å². The van der Waals surface area contributed by atoms with Crippen molar-refractivity contribution in [3.63, 3.8) is 0 Å². The van der Waals surface area contributed by atoms with Crippen LogP contribution >= 0.6 is 24.0 Å². The van der Waals surface area contributed by atoms with E-state index in [1.165, 1.54) is 5.56 Å². The number of carbonyl (C=O) groups is 1. The molecule has 0 heterocycles. The summed E-state index contributed by atoms with van der Waals surface area (Å²) in [6, 6.07) is 18.0. The normalized spacial score (nSPS) is 10.6. The number of hydrogen-bond acceptors (Lipinski definition) is 3.